The summed E-state index contributed by atoms with van der Waals surface area (Å²) < 4.78 is 0. The molecule has 1 saturated heterocycles. The maximum Gasteiger partial charge on any atom is 0.228 e. The quantitative estimate of drug-likeness (QED) is 0.878. The van der Waals surface area contributed by atoms with Gasteiger partial charge in [0.25, 0.3) is 0 Å². The lowest BCUT2D eigenvalue weighted by Gasteiger charge is -2.31. The minimum Gasteiger partial charge on any atom is -0.342 e. The summed E-state index contributed by atoms with van der Waals surface area (Å²) in [4.78, 5) is 18.2. The molecule has 96 valence electrons. The van der Waals surface area contributed by atoms with Gasteiger partial charge in [0.2, 0.25) is 5.91 Å². The zero-order chi connectivity index (χ0) is 11.4. The molecule has 1 aliphatic rings. The van der Waals surface area contributed by atoms with E-state index in [0.717, 1.165) is 37.6 Å². The van der Waals surface area contributed by atoms with Crippen LogP contribution in [0.4, 0.5) is 0 Å². The van der Waals surface area contributed by atoms with E-state index in [-0.39, 0.29) is 24.2 Å². The van der Waals surface area contributed by atoms with Crippen molar-refractivity contribution in [3.8, 4) is 0 Å². The number of aromatic nitrogens is 1. The van der Waals surface area contributed by atoms with Crippen LogP contribution in [0.3, 0.4) is 0 Å². The highest BCUT2D eigenvalue weighted by Crippen LogP contribution is 2.10. The lowest BCUT2D eigenvalue weighted by Crippen LogP contribution is -2.52. The van der Waals surface area contributed by atoms with Crippen LogP contribution < -0.4 is 5.32 Å². The number of nitrogens with one attached hydrogen (secondary N) is 1. The molecule has 0 unspecified atom stereocenters. The Bertz CT molecular complexity index is 340. The smallest absolute Gasteiger partial charge is 0.228 e. The van der Waals surface area contributed by atoms with Gasteiger partial charge < -0.3 is 10.2 Å². The fourth-order valence-corrected chi connectivity index (χ4v) is 2.36. The number of halogens is 1. The molecule has 0 aliphatic carbocycles. The van der Waals surface area contributed by atoms with Crippen molar-refractivity contribution in [1.29, 1.82) is 0 Å². The number of carbonyl (C=O) groups is 1. The third kappa shape index (κ3) is 3.66. The molecule has 4 nitrogen and oxygen atoms in total. The largest absolute Gasteiger partial charge is 0.342 e. The molecule has 1 aromatic heterocycles. The summed E-state index contributed by atoms with van der Waals surface area (Å²) in [5.41, 5.74) is 0. The third-order valence-electron chi connectivity index (χ3n) is 2.90. The Labute approximate surface area is 112 Å². The molecule has 2 heterocycles. The van der Waals surface area contributed by atoms with Gasteiger partial charge in [0.1, 0.15) is 0 Å². The monoisotopic (exact) mass is 275 g/mol. The van der Waals surface area contributed by atoms with Gasteiger partial charge in [0.05, 0.1) is 10.9 Å². The van der Waals surface area contributed by atoms with Crippen LogP contribution in [0.2, 0.25) is 0 Å². The molecule has 1 aromatic rings. The van der Waals surface area contributed by atoms with Crippen molar-refractivity contribution in [2.45, 2.75) is 13.3 Å². The summed E-state index contributed by atoms with van der Waals surface area (Å²) >= 11 is 1.65. The van der Waals surface area contributed by atoms with E-state index in [2.05, 4.69) is 10.3 Å². The SMILES string of the molecule is CCN(CCc1nccs1)C(=O)C1CNC1.Cl. The summed E-state index contributed by atoms with van der Waals surface area (Å²) in [6.45, 7) is 5.30. The van der Waals surface area contributed by atoms with Crippen molar-refractivity contribution in [3.63, 3.8) is 0 Å². The standard InChI is InChI=1S/C11H17N3OS.ClH/c1-2-14(11(15)9-7-12-8-9)5-3-10-13-4-6-16-10;/h4,6,9,12H,2-3,5,7-8H2,1H3;1H. The number of likely N-dealkylation sites (N-methyl/N-ethyl adjacent to an activating group) is 1. The molecule has 1 aliphatic heterocycles. The highest BCUT2D eigenvalue weighted by Gasteiger charge is 2.28. The minimum absolute atomic E-state index is 0. The van der Waals surface area contributed by atoms with E-state index in [9.17, 15) is 4.79 Å². The van der Waals surface area contributed by atoms with Crippen molar-refractivity contribution >= 4 is 29.7 Å². The van der Waals surface area contributed by atoms with Crippen molar-refractivity contribution in [3.05, 3.63) is 16.6 Å². The Morgan fingerprint density at radius 3 is 2.88 bits per heavy atom. The van der Waals surface area contributed by atoms with Crippen LogP contribution >= 0.6 is 23.7 Å². The zero-order valence-corrected chi connectivity index (χ0v) is 11.5. The molecule has 2 rings (SSSR count). The molecule has 0 atom stereocenters. The predicted molar refractivity (Wildman–Crippen MR) is 71.7 cm³/mol. The van der Waals surface area contributed by atoms with E-state index >= 15 is 0 Å². The fraction of sp³-hybridized carbons (Fsp3) is 0.636. The Morgan fingerprint density at radius 2 is 2.41 bits per heavy atom. The maximum absolute atomic E-state index is 12.0. The molecule has 6 heteroatoms. The minimum atomic E-state index is 0. The van der Waals surface area contributed by atoms with Gasteiger partial charge in [-0.3, -0.25) is 4.79 Å². The first-order chi connectivity index (χ1) is 7.81. The summed E-state index contributed by atoms with van der Waals surface area (Å²) in [6, 6.07) is 0. The van der Waals surface area contributed by atoms with Crippen molar-refractivity contribution < 1.29 is 4.79 Å². The topological polar surface area (TPSA) is 45.2 Å². The van der Waals surface area contributed by atoms with Gasteiger partial charge in [-0.2, -0.15) is 0 Å². The van der Waals surface area contributed by atoms with Gasteiger partial charge >= 0.3 is 0 Å². The number of nitrogens with zero attached hydrogens (tertiary/aromatic N) is 2. The second-order valence-electron chi connectivity index (χ2n) is 3.95. The Balaban J connectivity index is 0.00000144. The number of thiazole rings is 1. The maximum atomic E-state index is 12.0. The fourth-order valence-electron chi connectivity index (χ4n) is 1.75. The van der Waals surface area contributed by atoms with Crippen LogP contribution in [-0.4, -0.2) is 42.0 Å². The number of carbonyl (C=O) groups excluding carboxylic acids is 1. The van der Waals surface area contributed by atoms with Crippen LogP contribution in [0.1, 0.15) is 11.9 Å². The van der Waals surface area contributed by atoms with Crippen LogP contribution in [0.15, 0.2) is 11.6 Å². The van der Waals surface area contributed by atoms with Crippen molar-refractivity contribution in [2.75, 3.05) is 26.2 Å². The predicted octanol–water partition coefficient (Wildman–Crippen LogP) is 1.18. The molecule has 0 bridgehead atoms. The van der Waals surface area contributed by atoms with Gasteiger partial charge in [-0.1, -0.05) is 0 Å². The molecule has 1 fully saturated rings. The van der Waals surface area contributed by atoms with Crippen LogP contribution in [0.25, 0.3) is 0 Å². The second-order valence-corrected chi connectivity index (χ2v) is 4.93. The Kier molecular flexibility index (Phi) is 5.88. The van der Waals surface area contributed by atoms with Gasteiger partial charge in [-0.15, -0.1) is 23.7 Å². The van der Waals surface area contributed by atoms with Gasteiger partial charge in [-0.05, 0) is 6.92 Å². The van der Waals surface area contributed by atoms with E-state index in [4.69, 9.17) is 0 Å². The Morgan fingerprint density at radius 1 is 1.65 bits per heavy atom. The van der Waals surface area contributed by atoms with Gasteiger partial charge in [0, 0.05) is 44.2 Å². The first kappa shape index (κ1) is 14.4. The average molecular weight is 276 g/mol. The van der Waals surface area contributed by atoms with E-state index in [0.29, 0.717) is 0 Å². The third-order valence-corrected chi connectivity index (χ3v) is 3.74. The molecule has 0 radical (unpaired) electrons. The van der Waals surface area contributed by atoms with E-state index in [1.807, 2.05) is 23.4 Å². The molecule has 17 heavy (non-hydrogen) atoms. The van der Waals surface area contributed by atoms with E-state index < -0.39 is 0 Å². The van der Waals surface area contributed by atoms with Crippen molar-refractivity contribution in [2.24, 2.45) is 5.92 Å². The molecule has 1 amide bonds. The van der Waals surface area contributed by atoms with Crippen LogP contribution in [0.5, 0.6) is 0 Å². The summed E-state index contributed by atoms with van der Waals surface area (Å²) in [6.07, 6.45) is 2.69. The molecule has 0 aromatic carbocycles. The number of amides is 1. The zero-order valence-electron chi connectivity index (χ0n) is 9.89. The summed E-state index contributed by atoms with van der Waals surface area (Å²) in [5, 5.41) is 6.22. The van der Waals surface area contributed by atoms with E-state index in [1.54, 1.807) is 11.3 Å². The lowest BCUT2D eigenvalue weighted by atomic mass is 10.0. The number of hydrogen-bond acceptors (Lipinski definition) is 4. The molecular weight excluding hydrogens is 258 g/mol. The van der Waals surface area contributed by atoms with Crippen LogP contribution in [0, 0.1) is 5.92 Å². The first-order valence-electron chi connectivity index (χ1n) is 5.69. The van der Waals surface area contributed by atoms with Gasteiger partial charge in [-0.25, -0.2) is 4.98 Å². The normalized spacial score (nSPS) is 14.9. The Hall–Kier alpha value is -0.650. The summed E-state index contributed by atoms with van der Waals surface area (Å²) in [7, 11) is 0. The summed E-state index contributed by atoms with van der Waals surface area (Å²) in [5.74, 6) is 0.494. The lowest BCUT2D eigenvalue weighted by molar-refractivity contribution is -0.136. The average Bonchev–Trinajstić information content (AvgIpc) is 2.68. The van der Waals surface area contributed by atoms with Crippen LogP contribution in [-0.2, 0) is 11.2 Å². The van der Waals surface area contributed by atoms with Gasteiger partial charge in [0.15, 0.2) is 0 Å². The molecular formula is C11H18ClN3OS. The highest BCUT2D eigenvalue weighted by atomic mass is 35.5. The molecule has 0 saturated carbocycles. The highest BCUT2D eigenvalue weighted by molar-refractivity contribution is 7.09. The number of hydrogen-bond donors (Lipinski definition) is 1. The van der Waals surface area contributed by atoms with Crippen molar-refractivity contribution in [1.82, 2.24) is 15.2 Å². The number of rotatable bonds is 5. The molecule has 1 N–H and O–H groups in total. The molecule has 0 spiro atoms. The first-order valence-corrected chi connectivity index (χ1v) is 6.57. The van der Waals surface area contributed by atoms with E-state index in [1.165, 1.54) is 0 Å². The second kappa shape index (κ2) is 6.93.